The second kappa shape index (κ2) is 5.75. The number of sulfonamides is 1. The number of benzene rings is 1. The summed E-state index contributed by atoms with van der Waals surface area (Å²) in [6, 6.07) is 6.66. The highest BCUT2D eigenvalue weighted by molar-refractivity contribution is 7.93. The van der Waals surface area contributed by atoms with Gasteiger partial charge in [0.2, 0.25) is 0 Å². The number of aryl methyl sites for hydroxylation is 2. The van der Waals surface area contributed by atoms with Crippen LogP contribution in [0.4, 0.5) is 5.13 Å². The summed E-state index contributed by atoms with van der Waals surface area (Å²) in [4.78, 5) is 5.83. The monoisotopic (exact) mass is 323 g/mol. The van der Waals surface area contributed by atoms with E-state index in [0.717, 1.165) is 36.9 Å². The molecule has 3 rings (SSSR count). The Labute approximate surface area is 128 Å². The number of hydrogen-bond acceptors (Lipinski definition) is 5. The average molecular weight is 323 g/mol. The zero-order valence-corrected chi connectivity index (χ0v) is 13.1. The summed E-state index contributed by atoms with van der Waals surface area (Å²) in [6.45, 7) is 0.314. The van der Waals surface area contributed by atoms with Crippen molar-refractivity contribution in [2.45, 2.75) is 37.1 Å². The van der Waals surface area contributed by atoms with Crippen LogP contribution in [0.1, 0.15) is 29.0 Å². The van der Waals surface area contributed by atoms with Crippen molar-refractivity contribution < 1.29 is 8.42 Å². The molecule has 1 aromatic carbocycles. The lowest BCUT2D eigenvalue weighted by Crippen LogP contribution is -2.13. The van der Waals surface area contributed by atoms with Crippen molar-refractivity contribution in [3.05, 3.63) is 40.4 Å². The predicted molar refractivity (Wildman–Crippen MR) is 83.9 cm³/mol. The molecule has 0 spiro atoms. The van der Waals surface area contributed by atoms with Crippen LogP contribution in [-0.2, 0) is 29.4 Å². The number of thiazole rings is 1. The van der Waals surface area contributed by atoms with Crippen LogP contribution < -0.4 is 10.5 Å². The summed E-state index contributed by atoms with van der Waals surface area (Å²) in [7, 11) is -3.60. The van der Waals surface area contributed by atoms with Gasteiger partial charge in [-0.1, -0.05) is 12.1 Å². The van der Waals surface area contributed by atoms with E-state index in [4.69, 9.17) is 5.73 Å². The number of rotatable bonds is 4. The van der Waals surface area contributed by atoms with Gasteiger partial charge in [0.05, 0.1) is 10.6 Å². The van der Waals surface area contributed by atoms with Gasteiger partial charge in [0, 0.05) is 11.4 Å². The lowest BCUT2D eigenvalue weighted by Gasteiger charge is -2.06. The molecule has 0 unspecified atom stereocenters. The molecule has 0 bridgehead atoms. The molecule has 21 heavy (non-hydrogen) atoms. The van der Waals surface area contributed by atoms with Gasteiger partial charge in [-0.25, -0.2) is 13.4 Å². The zero-order valence-electron chi connectivity index (χ0n) is 11.5. The predicted octanol–water partition coefficient (Wildman–Crippen LogP) is 2.28. The van der Waals surface area contributed by atoms with E-state index in [9.17, 15) is 8.42 Å². The van der Waals surface area contributed by atoms with Gasteiger partial charge in [0.15, 0.2) is 5.13 Å². The maximum Gasteiger partial charge on any atom is 0.263 e. The quantitative estimate of drug-likeness (QED) is 0.904. The molecule has 112 valence electrons. The first-order valence-corrected chi connectivity index (χ1v) is 9.19. The van der Waals surface area contributed by atoms with Crippen molar-refractivity contribution in [2.24, 2.45) is 5.73 Å². The Morgan fingerprint density at radius 1 is 1.29 bits per heavy atom. The number of nitrogens with one attached hydrogen (secondary N) is 1. The first-order chi connectivity index (χ1) is 10.1. The Kier molecular flexibility index (Phi) is 3.97. The molecule has 1 heterocycles. The normalized spacial score (nSPS) is 14.7. The fraction of sp³-hybridized carbons (Fsp3) is 0.357. The molecule has 1 aliphatic carbocycles. The molecular formula is C14H17N3O2S2. The van der Waals surface area contributed by atoms with Gasteiger partial charge in [-0.3, -0.25) is 4.72 Å². The average Bonchev–Trinajstić information content (AvgIpc) is 2.88. The number of nitrogens with two attached hydrogens (primary N) is 1. The van der Waals surface area contributed by atoms with Crippen LogP contribution in [0.5, 0.6) is 0 Å². The minimum Gasteiger partial charge on any atom is -0.326 e. The number of aromatic nitrogens is 1. The van der Waals surface area contributed by atoms with Crippen molar-refractivity contribution >= 4 is 26.5 Å². The highest BCUT2D eigenvalue weighted by Gasteiger charge is 2.20. The maximum absolute atomic E-state index is 12.4. The third-order valence-electron chi connectivity index (χ3n) is 3.51. The Hall–Kier alpha value is -1.44. The van der Waals surface area contributed by atoms with Crippen molar-refractivity contribution in [1.82, 2.24) is 4.98 Å². The van der Waals surface area contributed by atoms with E-state index in [0.29, 0.717) is 11.7 Å². The molecule has 0 amide bonds. The van der Waals surface area contributed by atoms with Gasteiger partial charge in [-0.2, -0.15) is 0 Å². The van der Waals surface area contributed by atoms with Crippen LogP contribution in [0.15, 0.2) is 29.2 Å². The van der Waals surface area contributed by atoms with Crippen LogP contribution in [0.25, 0.3) is 0 Å². The first-order valence-electron chi connectivity index (χ1n) is 6.89. The summed E-state index contributed by atoms with van der Waals surface area (Å²) >= 11 is 1.44. The third kappa shape index (κ3) is 3.09. The zero-order chi connectivity index (χ0) is 14.9. The van der Waals surface area contributed by atoms with E-state index in [1.165, 1.54) is 16.2 Å². The van der Waals surface area contributed by atoms with Crippen molar-refractivity contribution in [3.63, 3.8) is 0 Å². The molecule has 0 fully saturated rings. The largest absolute Gasteiger partial charge is 0.326 e. The van der Waals surface area contributed by atoms with Crippen LogP contribution in [0.3, 0.4) is 0 Å². The summed E-state index contributed by atoms with van der Waals surface area (Å²) in [6.07, 6.45) is 4.22. The second-order valence-corrected chi connectivity index (χ2v) is 7.82. The summed E-state index contributed by atoms with van der Waals surface area (Å²) in [5, 5.41) is 0.458. The van der Waals surface area contributed by atoms with E-state index in [2.05, 4.69) is 9.71 Å². The van der Waals surface area contributed by atoms with Crippen molar-refractivity contribution in [3.8, 4) is 0 Å². The molecule has 0 atom stereocenters. The lowest BCUT2D eigenvalue weighted by atomic mass is 10.0. The molecular weight excluding hydrogens is 306 g/mol. The number of hydrogen-bond donors (Lipinski definition) is 2. The van der Waals surface area contributed by atoms with Gasteiger partial charge in [-0.15, -0.1) is 11.3 Å². The number of anilines is 1. The number of nitrogens with zero attached hydrogens (tertiary/aromatic N) is 1. The third-order valence-corrected chi connectivity index (χ3v) is 6.05. The van der Waals surface area contributed by atoms with Crippen LogP contribution in [0.2, 0.25) is 0 Å². The molecule has 1 aliphatic rings. The standard InChI is InChI=1S/C14H17N3O2S2/c15-9-10-4-3-5-11(8-10)21(18,19)17-14-16-12-6-1-2-7-13(12)20-14/h3-5,8H,1-2,6-7,9,15H2,(H,16,17). The fourth-order valence-electron chi connectivity index (χ4n) is 2.41. The lowest BCUT2D eigenvalue weighted by molar-refractivity contribution is 0.601. The van der Waals surface area contributed by atoms with E-state index < -0.39 is 10.0 Å². The summed E-state index contributed by atoms with van der Waals surface area (Å²) in [5.41, 5.74) is 7.38. The van der Waals surface area contributed by atoms with Gasteiger partial charge >= 0.3 is 0 Å². The SMILES string of the molecule is NCc1cccc(S(=O)(=O)Nc2nc3c(s2)CCCC3)c1. The Morgan fingerprint density at radius 3 is 2.86 bits per heavy atom. The molecule has 1 aromatic heterocycles. The first kappa shape index (κ1) is 14.5. The molecule has 3 N–H and O–H groups in total. The van der Waals surface area contributed by atoms with E-state index in [1.807, 2.05) is 0 Å². The van der Waals surface area contributed by atoms with Crippen LogP contribution in [0, 0.1) is 0 Å². The smallest absolute Gasteiger partial charge is 0.263 e. The molecule has 5 nitrogen and oxygen atoms in total. The van der Waals surface area contributed by atoms with Gasteiger partial charge in [-0.05, 0) is 43.4 Å². The van der Waals surface area contributed by atoms with Crippen LogP contribution in [-0.4, -0.2) is 13.4 Å². The van der Waals surface area contributed by atoms with Crippen molar-refractivity contribution in [1.29, 1.82) is 0 Å². The fourth-order valence-corrected chi connectivity index (χ4v) is 4.76. The Morgan fingerprint density at radius 2 is 2.10 bits per heavy atom. The highest BCUT2D eigenvalue weighted by Crippen LogP contribution is 2.30. The molecule has 0 saturated carbocycles. The minimum absolute atomic E-state index is 0.221. The highest BCUT2D eigenvalue weighted by atomic mass is 32.2. The van der Waals surface area contributed by atoms with E-state index >= 15 is 0 Å². The van der Waals surface area contributed by atoms with Crippen molar-refractivity contribution in [2.75, 3.05) is 4.72 Å². The molecule has 7 heteroatoms. The molecule has 2 aromatic rings. The molecule has 0 radical (unpaired) electrons. The number of fused-ring (bicyclic) bond motifs is 1. The molecule has 0 aliphatic heterocycles. The maximum atomic E-state index is 12.4. The van der Waals surface area contributed by atoms with E-state index in [-0.39, 0.29) is 4.90 Å². The van der Waals surface area contributed by atoms with Gasteiger partial charge in [0.1, 0.15) is 0 Å². The van der Waals surface area contributed by atoms with Gasteiger partial charge in [0.25, 0.3) is 10.0 Å². The van der Waals surface area contributed by atoms with Gasteiger partial charge < -0.3 is 5.73 Å². The molecule has 0 saturated heterocycles. The Bertz CT molecular complexity index is 730. The Balaban J connectivity index is 1.87. The summed E-state index contributed by atoms with van der Waals surface area (Å²) < 4.78 is 27.4. The minimum atomic E-state index is -3.60. The topological polar surface area (TPSA) is 85.1 Å². The second-order valence-electron chi connectivity index (χ2n) is 5.05. The van der Waals surface area contributed by atoms with Crippen LogP contribution >= 0.6 is 11.3 Å². The summed E-state index contributed by atoms with van der Waals surface area (Å²) in [5.74, 6) is 0. The van der Waals surface area contributed by atoms with E-state index in [1.54, 1.807) is 24.3 Å².